The minimum Gasteiger partial charge on any atom is -0.457 e. The smallest absolute Gasteiger partial charge is 0.267 e. The van der Waals surface area contributed by atoms with Crippen LogP contribution in [0.15, 0.2) is 90.6 Å². The van der Waals surface area contributed by atoms with Crippen molar-refractivity contribution in [1.29, 1.82) is 5.26 Å². The SMILES string of the molecule is N#C/C(=C/NCc1cccc(Cl)c1)C(=O)Nc1ccc(Oc2ccccc2)cc1. The van der Waals surface area contributed by atoms with Crippen LogP contribution in [-0.4, -0.2) is 5.91 Å². The Morgan fingerprint density at radius 3 is 2.41 bits per heavy atom. The fourth-order valence-electron chi connectivity index (χ4n) is 2.50. The van der Waals surface area contributed by atoms with E-state index in [0.717, 1.165) is 11.3 Å². The molecule has 29 heavy (non-hydrogen) atoms. The Morgan fingerprint density at radius 1 is 1.00 bits per heavy atom. The van der Waals surface area contributed by atoms with E-state index < -0.39 is 5.91 Å². The van der Waals surface area contributed by atoms with Crippen LogP contribution >= 0.6 is 11.6 Å². The number of hydrogen-bond donors (Lipinski definition) is 2. The first-order chi connectivity index (χ1) is 14.1. The molecule has 0 aliphatic carbocycles. The molecule has 0 saturated heterocycles. The van der Waals surface area contributed by atoms with Crippen molar-refractivity contribution in [3.63, 3.8) is 0 Å². The number of halogens is 1. The van der Waals surface area contributed by atoms with Crippen LogP contribution in [0.4, 0.5) is 5.69 Å². The van der Waals surface area contributed by atoms with E-state index in [4.69, 9.17) is 16.3 Å². The fourth-order valence-corrected chi connectivity index (χ4v) is 2.71. The number of anilines is 1. The third kappa shape index (κ3) is 6.13. The Bertz CT molecular complexity index is 1040. The van der Waals surface area contributed by atoms with Crippen molar-refractivity contribution in [1.82, 2.24) is 5.32 Å². The molecular formula is C23H18ClN3O2. The van der Waals surface area contributed by atoms with Crippen LogP contribution in [0.1, 0.15) is 5.56 Å². The molecule has 5 nitrogen and oxygen atoms in total. The van der Waals surface area contributed by atoms with Crippen molar-refractivity contribution < 1.29 is 9.53 Å². The zero-order valence-corrected chi connectivity index (χ0v) is 16.2. The van der Waals surface area contributed by atoms with Crippen LogP contribution in [0.3, 0.4) is 0 Å². The minimum absolute atomic E-state index is 0.0309. The summed E-state index contributed by atoms with van der Waals surface area (Å²) in [5.74, 6) is 0.876. The van der Waals surface area contributed by atoms with Gasteiger partial charge in [0.2, 0.25) is 0 Å². The summed E-state index contributed by atoms with van der Waals surface area (Å²) in [6.07, 6.45) is 1.39. The zero-order chi connectivity index (χ0) is 20.5. The standard InChI is InChI=1S/C23H18ClN3O2/c24-19-6-4-5-17(13-19)15-26-16-18(14-25)23(28)27-20-9-11-22(12-10-20)29-21-7-2-1-3-8-21/h1-13,16,26H,15H2,(H,27,28)/b18-16-. The predicted octanol–water partition coefficient (Wildman–Crippen LogP) is 5.27. The van der Waals surface area contributed by atoms with Crippen molar-refractivity contribution >= 4 is 23.2 Å². The zero-order valence-electron chi connectivity index (χ0n) is 15.4. The van der Waals surface area contributed by atoms with Gasteiger partial charge in [-0.25, -0.2) is 0 Å². The number of nitriles is 1. The van der Waals surface area contributed by atoms with Gasteiger partial charge in [0.15, 0.2) is 0 Å². The molecule has 0 aromatic heterocycles. The van der Waals surface area contributed by atoms with Crippen LogP contribution in [0, 0.1) is 11.3 Å². The molecule has 1 amide bonds. The molecule has 0 fully saturated rings. The molecule has 3 aromatic rings. The summed E-state index contributed by atoms with van der Waals surface area (Å²) in [6.45, 7) is 0.449. The molecule has 144 valence electrons. The van der Waals surface area contributed by atoms with Crippen molar-refractivity contribution in [3.05, 3.63) is 101 Å². The molecule has 0 saturated carbocycles. The number of nitrogens with zero attached hydrogens (tertiary/aromatic N) is 1. The first-order valence-corrected chi connectivity index (χ1v) is 9.24. The average molecular weight is 404 g/mol. The van der Waals surface area contributed by atoms with Gasteiger partial charge in [0.1, 0.15) is 23.1 Å². The molecule has 0 aliphatic rings. The van der Waals surface area contributed by atoms with E-state index in [9.17, 15) is 10.1 Å². The van der Waals surface area contributed by atoms with Gasteiger partial charge in [0.05, 0.1) is 0 Å². The molecule has 3 aromatic carbocycles. The maximum absolute atomic E-state index is 12.3. The number of rotatable bonds is 7. The summed E-state index contributed by atoms with van der Waals surface area (Å²) in [5.41, 5.74) is 1.48. The van der Waals surface area contributed by atoms with Gasteiger partial charge >= 0.3 is 0 Å². The summed E-state index contributed by atoms with van der Waals surface area (Å²) in [5, 5.41) is 15.5. The molecule has 0 bridgehead atoms. The Morgan fingerprint density at radius 2 is 1.72 bits per heavy atom. The highest BCUT2D eigenvalue weighted by Gasteiger charge is 2.09. The number of benzene rings is 3. The Hall–Kier alpha value is -3.75. The molecule has 0 atom stereocenters. The number of nitrogens with one attached hydrogen (secondary N) is 2. The van der Waals surface area contributed by atoms with E-state index in [1.165, 1.54) is 6.20 Å². The first kappa shape index (κ1) is 20.0. The lowest BCUT2D eigenvalue weighted by Crippen LogP contribution is -2.16. The molecule has 2 N–H and O–H groups in total. The number of hydrogen-bond acceptors (Lipinski definition) is 4. The number of ether oxygens (including phenoxy) is 1. The van der Waals surface area contributed by atoms with Gasteiger partial charge in [-0.1, -0.05) is 41.9 Å². The quantitative estimate of drug-likeness (QED) is 0.416. The lowest BCUT2D eigenvalue weighted by Gasteiger charge is -2.08. The van der Waals surface area contributed by atoms with E-state index in [1.54, 1.807) is 30.3 Å². The Balaban J connectivity index is 1.56. The van der Waals surface area contributed by atoms with Gasteiger partial charge in [0.25, 0.3) is 5.91 Å². The lowest BCUT2D eigenvalue weighted by atomic mass is 10.2. The summed E-state index contributed by atoms with van der Waals surface area (Å²) in [7, 11) is 0. The van der Waals surface area contributed by atoms with Gasteiger partial charge in [-0.2, -0.15) is 5.26 Å². The van der Waals surface area contributed by atoms with Gasteiger partial charge < -0.3 is 15.4 Å². The maximum atomic E-state index is 12.3. The average Bonchev–Trinajstić information content (AvgIpc) is 2.73. The second kappa shape index (κ2) is 9.98. The highest BCUT2D eigenvalue weighted by atomic mass is 35.5. The molecule has 0 unspecified atom stereocenters. The molecule has 3 rings (SSSR count). The molecular weight excluding hydrogens is 386 g/mol. The maximum Gasteiger partial charge on any atom is 0.267 e. The van der Waals surface area contributed by atoms with E-state index >= 15 is 0 Å². The summed E-state index contributed by atoms with van der Waals surface area (Å²) < 4.78 is 5.71. The highest BCUT2D eigenvalue weighted by Crippen LogP contribution is 2.22. The first-order valence-electron chi connectivity index (χ1n) is 8.86. The second-order valence-electron chi connectivity index (χ2n) is 6.07. The highest BCUT2D eigenvalue weighted by molar-refractivity contribution is 6.30. The van der Waals surface area contributed by atoms with Crippen molar-refractivity contribution in [2.24, 2.45) is 0 Å². The Labute approximate surface area is 174 Å². The van der Waals surface area contributed by atoms with E-state index in [-0.39, 0.29) is 5.57 Å². The largest absolute Gasteiger partial charge is 0.457 e. The monoisotopic (exact) mass is 403 g/mol. The number of amides is 1. The van der Waals surface area contributed by atoms with Crippen molar-refractivity contribution in [2.45, 2.75) is 6.54 Å². The van der Waals surface area contributed by atoms with Gasteiger partial charge in [0, 0.05) is 23.5 Å². The van der Waals surface area contributed by atoms with E-state index in [1.807, 2.05) is 54.6 Å². The topological polar surface area (TPSA) is 74.2 Å². The van der Waals surface area contributed by atoms with Crippen LogP contribution in [0.2, 0.25) is 5.02 Å². The summed E-state index contributed by atoms with van der Waals surface area (Å²) in [6, 6.07) is 25.6. The van der Waals surface area contributed by atoms with Crippen LogP contribution < -0.4 is 15.4 Å². The normalized spacial score (nSPS) is 10.7. The molecule has 0 heterocycles. The van der Waals surface area contributed by atoms with E-state index in [0.29, 0.717) is 23.0 Å². The predicted molar refractivity (Wildman–Crippen MR) is 114 cm³/mol. The third-order valence-corrected chi connectivity index (χ3v) is 4.13. The lowest BCUT2D eigenvalue weighted by molar-refractivity contribution is -0.112. The molecule has 0 spiro atoms. The fraction of sp³-hybridized carbons (Fsp3) is 0.0435. The molecule has 6 heteroatoms. The summed E-state index contributed by atoms with van der Waals surface area (Å²) in [4.78, 5) is 12.3. The number of carbonyl (C=O) groups excluding carboxylic acids is 1. The number of carbonyl (C=O) groups is 1. The van der Waals surface area contributed by atoms with Gasteiger partial charge in [-0.3, -0.25) is 4.79 Å². The van der Waals surface area contributed by atoms with Crippen molar-refractivity contribution in [3.8, 4) is 17.6 Å². The van der Waals surface area contributed by atoms with Crippen LogP contribution in [-0.2, 0) is 11.3 Å². The molecule has 0 aliphatic heterocycles. The number of para-hydroxylation sites is 1. The van der Waals surface area contributed by atoms with Gasteiger partial charge in [-0.15, -0.1) is 0 Å². The van der Waals surface area contributed by atoms with Crippen LogP contribution in [0.5, 0.6) is 11.5 Å². The van der Waals surface area contributed by atoms with Crippen LogP contribution in [0.25, 0.3) is 0 Å². The Kier molecular flexibility index (Phi) is 6.88. The van der Waals surface area contributed by atoms with Gasteiger partial charge in [-0.05, 0) is 54.1 Å². The summed E-state index contributed by atoms with van der Waals surface area (Å²) >= 11 is 5.94. The minimum atomic E-state index is -0.497. The molecule has 0 radical (unpaired) electrons. The third-order valence-electron chi connectivity index (χ3n) is 3.90. The van der Waals surface area contributed by atoms with Crippen molar-refractivity contribution in [2.75, 3.05) is 5.32 Å². The van der Waals surface area contributed by atoms with E-state index in [2.05, 4.69) is 10.6 Å². The second-order valence-corrected chi connectivity index (χ2v) is 6.51.